The number of carbonyl (C=O) groups excluding carboxylic acids is 1. The van der Waals surface area contributed by atoms with Gasteiger partial charge in [-0.2, -0.15) is 0 Å². The molecule has 1 amide bonds. The molecule has 1 aromatic carbocycles. The zero-order valence-electron chi connectivity index (χ0n) is 11.6. The van der Waals surface area contributed by atoms with Crippen LogP contribution >= 0.6 is 15.9 Å². The lowest BCUT2D eigenvalue weighted by Gasteiger charge is -2.15. The van der Waals surface area contributed by atoms with Gasteiger partial charge in [0, 0.05) is 16.1 Å². The number of amides is 1. The van der Waals surface area contributed by atoms with Crippen molar-refractivity contribution in [3.8, 4) is 0 Å². The van der Waals surface area contributed by atoms with Gasteiger partial charge in [0.05, 0.1) is 0 Å². The first kappa shape index (κ1) is 15.2. The largest absolute Gasteiger partial charge is 0.350 e. The number of aryl methyl sites for hydroxylation is 1. The summed E-state index contributed by atoms with van der Waals surface area (Å²) < 4.78 is 0.977. The quantitative estimate of drug-likeness (QED) is 0.862. The van der Waals surface area contributed by atoms with Crippen LogP contribution in [0.1, 0.15) is 49.5 Å². The highest BCUT2D eigenvalue weighted by atomic mass is 79.9. The summed E-state index contributed by atoms with van der Waals surface area (Å²) in [7, 11) is 0. The van der Waals surface area contributed by atoms with Crippen LogP contribution in [0.25, 0.3) is 0 Å². The summed E-state index contributed by atoms with van der Waals surface area (Å²) in [6, 6.07) is 5.92. The van der Waals surface area contributed by atoms with Crippen LogP contribution in [-0.2, 0) is 0 Å². The van der Waals surface area contributed by atoms with E-state index in [1.807, 2.05) is 25.1 Å². The Bertz CT molecular complexity index is 415. The summed E-state index contributed by atoms with van der Waals surface area (Å²) in [5.41, 5.74) is 1.85. The maximum Gasteiger partial charge on any atom is 0.251 e. The zero-order chi connectivity index (χ0) is 13.7. The average molecular weight is 312 g/mol. The Morgan fingerprint density at radius 1 is 1.28 bits per heavy atom. The molecule has 1 atom stereocenters. The summed E-state index contributed by atoms with van der Waals surface area (Å²) in [5, 5.41) is 3.04. The molecule has 1 N–H and O–H groups in total. The SMILES string of the molecule is Cc1ccc(C(=O)NC(C)CCC(C)C)cc1Br. The molecule has 100 valence electrons. The molecule has 0 bridgehead atoms. The lowest BCUT2D eigenvalue weighted by atomic mass is 10.0. The summed E-state index contributed by atoms with van der Waals surface area (Å²) >= 11 is 3.45. The highest BCUT2D eigenvalue weighted by Crippen LogP contribution is 2.17. The van der Waals surface area contributed by atoms with E-state index >= 15 is 0 Å². The predicted octanol–water partition coefficient (Wildman–Crippen LogP) is 4.31. The van der Waals surface area contributed by atoms with Gasteiger partial charge in [-0.05, 0) is 50.3 Å². The second kappa shape index (κ2) is 6.93. The van der Waals surface area contributed by atoms with Gasteiger partial charge in [-0.25, -0.2) is 0 Å². The van der Waals surface area contributed by atoms with E-state index in [-0.39, 0.29) is 11.9 Å². The Hall–Kier alpha value is -0.830. The van der Waals surface area contributed by atoms with Crippen LogP contribution in [-0.4, -0.2) is 11.9 Å². The van der Waals surface area contributed by atoms with Crippen molar-refractivity contribution in [3.05, 3.63) is 33.8 Å². The monoisotopic (exact) mass is 311 g/mol. The Morgan fingerprint density at radius 3 is 2.50 bits per heavy atom. The molecule has 1 unspecified atom stereocenters. The fourth-order valence-corrected chi connectivity index (χ4v) is 2.08. The Kier molecular flexibility index (Phi) is 5.86. The fraction of sp³-hybridized carbons (Fsp3) is 0.533. The molecule has 0 radical (unpaired) electrons. The van der Waals surface area contributed by atoms with Crippen LogP contribution < -0.4 is 5.32 Å². The van der Waals surface area contributed by atoms with Crippen molar-refractivity contribution in [2.75, 3.05) is 0 Å². The van der Waals surface area contributed by atoms with Gasteiger partial charge >= 0.3 is 0 Å². The van der Waals surface area contributed by atoms with Crippen molar-refractivity contribution in [2.24, 2.45) is 5.92 Å². The number of hydrogen-bond donors (Lipinski definition) is 1. The molecule has 18 heavy (non-hydrogen) atoms. The van der Waals surface area contributed by atoms with Crippen LogP contribution in [0.5, 0.6) is 0 Å². The summed E-state index contributed by atoms with van der Waals surface area (Å²) in [5.74, 6) is 0.685. The zero-order valence-corrected chi connectivity index (χ0v) is 13.2. The van der Waals surface area contributed by atoms with Gasteiger partial charge in [-0.3, -0.25) is 4.79 Å². The fourth-order valence-electron chi connectivity index (χ4n) is 1.70. The van der Waals surface area contributed by atoms with Crippen molar-refractivity contribution in [1.82, 2.24) is 5.32 Å². The van der Waals surface area contributed by atoms with Gasteiger partial charge in [-0.15, -0.1) is 0 Å². The predicted molar refractivity (Wildman–Crippen MR) is 79.9 cm³/mol. The highest BCUT2D eigenvalue weighted by molar-refractivity contribution is 9.10. The molecule has 0 fully saturated rings. The molecule has 0 aliphatic heterocycles. The van der Waals surface area contributed by atoms with E-state index in [0.717, 1.165) is 22.9 Å². The van der Waals surface area contributed by atoms with Gasteiger partial charge in [0.25, 0.3) is 5.91 Å². The first-order chi connectivity index (χ1) is 8.40. The summed E-state index contributed by atoms with van der Waals surface area (Å²) in [4.78, 5) is 12.0. The second-order valence-corrected chi connectivity index (χ2v) is 6.16. The molecule has 0 aromatic heterocycles. The highest BCUT2D eigenvalue weighted by Gasteiger charge is 2.11. The lowest BCUT2D eigenvalue weighted by Crippen LogP contribution is -2.32. The van der Waals surface area contributed by atoms with Crippen LogP contribution in [0.4, 0.5) is 0 Å². The normalized spacial score (nSPS) is 12.6. The maximum atomic E-state index is 12.0. The maximum absolute atomic E-state index is 12.0. The van der Waals surface area contributed by atoms with Crippen molar-refractivity contribution in [1.29, 1.82) is 0 Å². The Balaban J connectivity index is 2.56. The molecular weight excluding hydrogens is 290 g/mol. The van der Waals surface area contributed by atoms with Gasteiger partial charge in [-0.1, -0.05) is 35.8 Å². The topological polar surface area (TPSA) is 29.1 Å². The molecule has 0 aliphatic carbocycles. The van der Waals surface area contributed by atoms with Crippen LogP contribution in [0.2, 0.25) is 0 Å². The minimum atomic E-state index is 0.00644. The third-order valence-corrected chi connectivity index (χ3v) is 3.84. The minimum Gasteiger partial charge on any atom is -0.350 e. The summed E-state index contributed by atoms with van der Waals surface area (Å²) in [6.07, 6.45) is 2.16. The number of benzene rings is 1. The average Bonchev–Trinajstić information content (AvgIpc) is 2.30. The standard InChI is InChI=1S/C15H22BrNO/c1-10(2)5-7-12(4)17-15(18)13-8-6-11(3)14(16)9-13/h6,8-10,12H,5,7H2,1-4H3,(H,17,18). The smallest absolute Gasteiger partial charge is 0.251 e. The van der Waals surface area contributed by atoms with Crippen LogP contribution in [0.3, 0.4) is 0 Å². The molecule has 0 heterocycles. The van der Waals surface area contributed by atoms with Crippen molar-refractivity contribution in [3.63, 3.8) is 0 Å². The first-order valence-electron chi connectivity index (χ1n) is 6.47. The first-order valence-corrected chi connectivity index (χ1v) is 7.26. The van der Waals surface area contributed by atoms with E-state index in [2.05, 4.69) is 42.0 Å². The molecule has 1 rings (SSSR count). The molecule has 0 spiro atoms. The van der Waals surface area contributed by atoms with Gasteiger partial charge < -0.3 is 5.32 Å². The van der Waals surface area contributed by atoms with Crippen molar-refractivity contribution < 1.29 is 4.79 Å². The van der Waals surface area contributed by atoms with E-state index in [1.165, 1.54) is 0 Å². The molecule has 0 saturated carbocycles. The van der Waals surface area contributed by atoms with Crippen LogP contribution in [0, 0.1) is 12.8 Å². The molecule has 2 nitrogen and oxygen atoms in total. The van der Waals surface area contributed by atoms with Gasteiger partial charge in [0.1, 0.15) is 0 Å². The second-order valence-electron chi connectivity index (χ2n) is 5.31. The Morgan fingerprint density at radius 2 is 1.94 bits per heavy atom. The molecule has 3 heteroatoms. The van der Waals surface area contributed by atoms with E-state index < -0.39 is 0 Å². The van der Waals surface area contributed by atoms with E-state index in [9.17, 15) is 4.79 Å². The number of carbonyl (C=O) groups is 1. The number of rotatable bonds is 5. The van der Waals surface area contributed by atoms with Gasteiger partial charge in [0.2, 0.25) is 0 Å². The third kappa shape index (κ3) is 4.81. The van der Waals surface area contributed by atoms with E-state index in [1.54, 1.807) is 0 Å². The van der Waals surface area contributed by atoms with Crippen LogP contribution in [0.15, 0.2) is 22.7 Å². The Labute approximate surface area is 118 Å². The molecule has 0 aliphatic rings. The van der Waals surface area contributed by atoms with E-state index in [0.29, 0.717) is 11.5 Å². The van der Waals surface area contributed by atoms with Gasteiger partial charge in [0.15, 0.2) is 0 Å². The van der Waals surface area contributed by atoms with Crippen molar-refractivity contribution in [2.45, 2.75) is 46.6 Å². The number of nitrogens with one attached hydrogen (secondary N) is 1. The number of halogens is 1. The molecule has 0 saturated heterocycles. The van der Waals surface area contributed by atoms with Crippen molar-refractivity contribution >= 4 is 21.8 Å². The molecular formula is C15H22BrNO. The molecule has 1 aromatic rings. The minimum absolute atomic E-state index is 0.00644. The lowest BCUT2D eigenvalue weighted by molar-refractivity contribution is 0.0937. The number of hydrogen-bond acceptors (Lipinski definition) is 1. The van der Waals surface area contributed by atoms with E-state index in [4.69, 9.17) is 0 Å². The summed E-state index contributed by atoms with van der Waals surface area (Å²) in [6.45, 7) is 8.47. The third-order valence-electron chi connectivity index (χ3n) is 2.99.